The molecule has 1 aliphatic heterocycles. The van der Waals surface area contributed by atoms with Crippen molar-refractivity contribution in [3.8, 4) is 22.6 Å². The molecule has 3 heterocycles. The van der Waals surface area contributed by atoms with Crippen molar-refractivity contribution >= 4 is 0 Å². The third-order valence-corrected chi connectivity index (χ3v) is 5.43. The van der Waals surface area contributed by atoms with E-state index in [9.17, 15) is 4.79 Å². The fraction of sp³-hybridized carbons (Fsp3) is 0.348. The second-order valence-electron chi connectivity index (χ2n) is 7.59. The van der Waals surface area contributed by atoms with Crippen molar-refractivity contribution in [3.63, 3.8) is 0 Å². The highest BCUT2D eigenvalue weighted by Gasteiger charge is 2.19. The molecule has 1 aliphatic rings. The average Bonchev–Trinajstić information content (AvgIpc) is 2.76. The summed E-state index contributed by atoms with van der Waals surface area (Å²) in [7, 11) is 1.78. The van der Waals surface area contributed by atoms with Crippen LogP contribution in [0.25, 0.3) is 22.6 Å². The zero-order valence-corrected chi connectivity index (χ0v) is 16.7. The standard InChI is InChI=1S/C23H26N4O2/c1-29-16-17-7-11-27(12-8-17)15-18-3-2-4-20(13-18)23-25-21(14-22(28)26-23)19-5-9-24-10-6-19/h2-6,9-10,13-14,17H,7-8,11-12,15-16H2,1H3,(H,25,26,28). The highest BCUT2D eigenvalue weighted by molar-refractivity contribution is 5.63. The number of hydrogen-bond donors (Lipinski definition) is 1. The topological polar surface area (TPSA) is 71.1 Å². The fourth-order valence-corrected chi connectivity index (χ4v) is 3.89. The minimum atomic E-state index is -0.160. The van der Waals surface area contributed by atoms with Crippen molar-refractivity contribution in [2.24, 2.45) is 5.92 Å². The number of methoxy groups -OCH3 is 1. The normalized spacial score (nSPS) is 15.5. The predicted molar refractivity (Wildman–Crippen MR) is 113 cm³/mol. The van der Waals surface area contributed by atoms with Crippen molar-refractivity contribution < 1.29 is 4.74 Å². The van der Waals surface area contributed by atoms with Gasteiger partial charge < -0.3 is 9.72 Å². The van der Waals surface area contributed by atoms with Crippen LogP contribution >= 0.6 is 0 Å². The molecule has 0 radical (unpaired) electrons. The van der Waals surface area contributed by atoms with Crippen molar-refractivity contribution in [1.29, 1.82) is 0 Å². The van der Waals surface area contributed by atoms with Crippen molar-refractivity contribution in [1.82, 2.24) is 19.9 Å². The summed E-state index contributed by atoms with van der Waals surface area (Å²) in [6.07, 6.45) is 5.76. The Morgan fingerprint density at radius 3 is 2.66 bits per heavy atom. The number of nitrogens with zero attached hydrogens (tertiary/aromatic N) is 3. The lowest BCUT2D eigenvalue weighted by molar-refractivity contribution is 0.0968. The van der Waals surface area contributed by atoms with E-state index in [4.69, 9.17) is 4.74 Å². The highest BCUT2D eigenvalue weighted by Crippen LogP contribution is 2.22. The molecule has 3 aromatic rings. The molecule has 0 bridgehead atoms. The third-order valence-electron chi connectivity index (χ3n) is 5.43. The van der Waals surface area contributed by atoms with Gasteiger partial charge in [0, 0.05) is 49.8 Å². The first-order valence-corrected chi connectivity index (χ1v) is 10.0. The fourth-order valence-electron chi connectivity index (χ4n) is 3.89. The minimum Gasteiger partial charge on any atom is -0.384 e. The molecule has 0 aliphatic carbocycles. The summed E-state index contributed by atoms with van der Waals surface area (Å²) in [5.41, 5.74) is 3.51. The second-order valence-corrected chi connectivity index (χ2v) is 7.59. The van der Waals surface area contributed by atoms with Crippen LogP contribution in [0.5, 0.6) is 0 Å². The van der Waals surface area contributed by atoms with Crippen LogP contribution in [0.1, 0.15) is 18.4 Å². The monoisotopic (exact) mass is 390 g/mol. The van der Waals surface area contributed by atoms with Gasteiger partial charge in [0.15, 0.2) is 0 Å². The zero-order chi connectivity index (χ0) is 20.1. The van der Waals surface area contributed by atoms with Crippen LogP contribution < -0.4 is 5.56 Å². The molecule has 4 rings (SSSR count). The largest absolute Gasteiger partial charge is 0.384 e. The van der Waals surface area contributed by atoms with Crippen molar-refractivity contribution in [2.75, 3.05) is 26.8 Å². The van der Waals surface area contributed by atoms with E-state index < -0.39 is 0 Å². The first-order chi connectivity index (χ1) is 14.2. The number of rotatable bonds is 6. The third kappa shape index (κ3) is 4.96. The maximum absolute atomic E-state index is 12.2. The number of benzene rings is 1. The quantitative estimate of drug-likeness (QED) is 0.699. The van der Waals surface area contributed by atoms with E-state index in [2.05, 4.69) is 32.0 Å². The van der Waals surface area contributed by atoms with Gasteiger partial charge in [0.2, 0.25) is 0 Å². The summed E-state index contributed by atoms with van der Waals surface area (Å²) in [6.45, 7) is 3.94. The molecule has 0 atom stereocenters. The van der Waals surface area contributed by atoms with Gasteiger partial charge in [-0.1, -0.05) is 18.2 Å². The Morgan fingerprint density at radius 1 is 1.10 bits per heavy atom. The van der Waals surface area contributed by atoms with Crippen LogP contribution in [0.4, 0.5) is 0 Å². The number of likely N-dealkylation sites (tertiary alicyclic amines) is 1. The maximum atomic E-state index is 12.2. The molecule has 0 unspecified atom stereocenters. The van der Waals surface area contributed by atoms with Gasteiger partial charge in [0.05, 0.1) is 5.69 Å². The Balaban J connectivity index is 1.52. The molecule has 1 aromatic carbocycles. The van der Waals surface area contributed by atoms with E-state index in [-0.39, 0.29) is 5.56 Å². The van der Waals surface area contributed by atoms with Gasteiger partial charge in [0.1, 0.15) is 5.82 Å². The summed E-state index contributed by atoms with van der Waals surface area (Å²) in [6, 6.07) is 13.5. The Labute approximate surface area is 170 Å². The van der Waals surface area contributed by atoms with Crippen LogP contribution in [0, 0.1) is 5.92 Å². The Kier molecular flexibility index (Phi) is 6.12. The molecular weight excluding hydrogens is 364 g/mol. The number of hydrogen-bond acceptors (Lipinski definition) is 5. The van der Waals surface area contributed by atoms with Gasteiger partial charge in [-0.05, 0) is 55.6 Å². The summed E-state index contributed by atoms with van der Waals surface area (Å²) in [5, 5.41) is 0. The van der Waals surface area contributed by atoms with E-state index in [1.165, 1.54) is 24.5 Å². The number of H-pyrrole nitrogens is 1. The summed E-state index contributed by atoms with van der Waals surface area (Å²) >= 11 is 0. The molecule has 0 saturated carbocycles. The average molecular weight is 390 g/mol. The summed E-state index contributed by atoms with van der Waals surface area (Å²) in [5.74, 6) is 1.26. The van der Waals surface area contributed by atoms with Crippen LogP contribution in [0.15, 0.2) is 59.7 Å². The lowest BCUT2D eigenvalue weighted by Gasteiger charge is -2.31. The molecule has 0 amide bonds. The lowest BCUT2D eigenvalue weighted by atomic mass is 9.97. The Hall–Kier alpha value is -2.83. The van der Waals surface area contributed by atoms with Crippen molar-refractivity contribution in [2.45, 2.75) is 19.4 Å². The molecule has 6 heteroatoms. The number of aromatic amines is 1. The number of aromatic nitrogens is 3. The molecule has 150 valence electrons. The molecule has 6 nitrogen and oxygen atoms in total. The smallest absolute Gasteiger partial charge is 0.251 e. The van der Waals surface area contributed by atoms with Crippen LogP contribution in [-0.2, 0) is 11.3 Å². The van der Waals surface area contributed by atoms with Gasteiger partial charge in [-0.15, -0.1) is 0 Å². The van der Waals surface area contributed by atoms with Gasteiger partial charge >= 0.3 is 0 Å². The lowest BCUT2D eigenvalue weighted by Crippen LogP contribution is -2.34. The van der Waals surface area contributed by atoms with Gasteiger partial charge in [-0.25, -0.2) is 4.98 Å². The molecule has 29 heavy (non-hydrogen) atoms. The first-order valence-electron chi connectivity index (χ1n) is 10.0. The molecule has 1 fully saturated rings. The van der Waals surface area contributed by atoms with Crippen LogP contribution in [0.2, 0.25) is 0 Å². The first kappa shape index (κ1) is 19.5. The van der Waals surface area contributed by atoms with Gasteiger partial charge in [-0.2, -0.15) is 0 Å². The van der Waals surface area contributed by atoms with Crippen LogP contribution in [0.3, 0.4) is 0 Å². The van der Waals surface area contributed by atoms with Crippen LogP contribution in [-0.4, -0.2) is 46.7 Å². The Bertz CT molecular complexity index is 995. The van der Waals surface area contributed by atoms with Gasteiger partial charge in [-0.3, -0.25) is 14.7 Å². The SMILES string of the molecule is COCC1CCN(Cc2cccc(-c3nc(-c4ccncc4)cc(=O)[nH]3)c2)CC1. The second kappa shape index (κ2) is 9.11. The van der Waals surface area contributed by atoms with E-state index in [1.54, 1.807) is 19.5 Å². The maximum Gasteiger partial charge on any atom is 0.251 e. The molecule has 2 aromatic heterocycles. The zero-order valence-electron chi connectivity index (χ0n) is 16.7. The molecular formula is C23H26N4O2. The van der Waals surface area contributed by atoms with E-state index in [1.807, 2.05) is 24.3 Å². The molecule has 0 spiro atoms. The number of piperidine rings is 1. The van der Waals surface area contributed by atoms with E-state index in [0.717, 1.165) is 37.4 Å². The summed E-state index contributed by atoms with van der Waals surface area (Å²) in [4.78, 5) is 26.3. The van der Waals surface area contributed by atoms with Crippen molar-refractivity contribution in [3.05, 3.63) is 70.8 Å². The Morgan fingerprint density at radius 2 is 1.90 bits per heavy atom. The van der Waals surface area contributed by atoms with E-state index >= 15 is 0 Å². The minimum absolute atomic E-state index is 0.160. The van der Waals surface area contributed by atoms with Gasteiger partial charge in [0.25, 0.3) is 5.56 Å². The number of ether oxygens (including phenoxy) is 1. The van der Waals surface area contributed by atoms with E-state index in [0.29, 0.717) is 17.4 Å². The highest BCUT2D eigenvalue weighted by atomic mass is 16.5. The summed E-state index contributed by atoms with van der Waals surface area (Å²) < 4.78 is 5.29. The molecule has 1 N–H and O–H groups in total. The predicted octanol–water partition coefficient (Wildman–Crippen LogP) is 3.36. The molecule has 1 saturated heterocycles. The number of nitrogens with one attached hydrogen (secondary N) is 1. The number of pyridine rings is 1.